The average Bonchev–Trinajstić information content (AvgIpc) is 2.55. The van der Waals surface area contributed by atoms with Crippen molar-refractivity contribution in [1.82, 2.24) is 9.97 Å². The van der Waals surface area contributed by atoms with E-state index in [0.29, 0.717) is 11.0 Å². The maximum atomic E-state index is 5.83. The number of hydrogen-bond donors (Lipinski definition) is 1. The predicted octanol–water partition coefficient (Wildman–Crippen LogP) is 4.92. The van der Waals surface area contributed by atoms with Crippen LogP contribution in [0.1, 0.15) is 44.6 Å². The molecule has 1 heterocycles. The van der Waals surface area contributed by atoms with E-state index in [1.54, 1.807) is 6.20 Å². The zero-order valence-electron chi connectivity index (χ0n) is 12.8. The summed E-state index contributed by atoms with van der Waals surface area (Å²) in [6.07, 6.45) is 8.88. The summed E-state index contributed by atoms with van der Waals surface area (Å²) in [4.78, 5) is 8.13. The number of hydrazone groups is 1. The van der Waals surface area contributed by atoms with Gasteiger partial charge in [-0.15, -0.1) is 0 Å². The van der Waals surface area contributed by atoms with Gasteiger partial charge >= 0.3 is 0 Å². The van der Waals surface area contributed by atoms with Crippen molar-refractivity contribution in [2.24, 2.45) is 5.10 Å². The van der Waals surface area contributed by atoms with Crippen LogP contribution in [-0.4, -0.2) is 15.7 Å². The van der Waals surface area contributed by atoms with Crippen LogP contribution in [0.5, 0.6) is 0 Å². The lowest BCUT2D eigenvalue weighted by Crippen LogP contribution is -2.05. The Labute approximate surface area is 136 Å². The molecule has 0 aliphatic rings. The van der Waals surface area contributed by atoms with Crippen molar-refractivity contribution in [2.75, 3.05) is 5.43 Å². The fourth-order valence-corrected chi connectivity index (χ4v) is 2.28. The van der Waals surface area contributed by atoms with Crippen molar-refractivity contribution in [2.45, 2.75) is 39.0 Å². The molecule has 0 saturated carbocycles. The van der Waals surface area contributed by atoms with E-state index < -0.39 is 0 Å². The summed E-state index contributed by atoms with van der Waals surface area (Å²) in [5, 5.41) is 4.86. The van der Waals surface area contributed by atoms with Crippen molar-refractivity contribution in [1.29, 1.82) is 0 Å². The molecule has 0 bridgehead atoms. The molecule has 0 unspecified atom stereocenters. The molecule has 0 amide bonds. The van der Waals surface area contributed by atoms with Crippen LogP contribution in [0.2, 0.25) is 5.15 Å². The Morgan fingerprint density at radius 1 is 1.14 bits per heavy atom. The third kappa shape index (κ3) is 5.45. The summed E-state index contributed by atoms with van der Waals surface area (Å²) >= 11 is 5.83. The molecule has 0 aliphatic heterocycles. The second-order valence-corrected chi connectivity index (χ2v) is 5.46. The summed E-state index contributed by atoms with van der Waals surface area (Å²) in [5.74, 6) is 0.550. The molecule has 5 heteroatoms. The largest absolute Gasteiger partial charge is 0.260 e. The maximum absolute atomic E-state index is 5.83. The van der Waals surface area contributed by atoms with Crippen LogP contribution in [0.25, 0.3) is 0 Å². The summed E-state index contributed by atoms with van der Waals surface area (Å²) in [5.41, 5.74) is 5.11. The van der Waals surface area contributed by atoms with Crippen molar-refractivity contribution in [3.8, 4) is 0 Å². The molecule has 0 fully saturated rings. The number of nitrogens with one attached hydrogen (secondary N) is 1. The van der Waals surface area contributed by atoms with Gasteiger partial charge in [-0.25, -0.2) is 4.98 Å². The van der Waals surface area contributed by atoms with E-state index in [4.69, 9.17) is 11.6 Å². The van der Waals surface area contributed by atoms with Gasteiger partial charge in [-0.3, -0.25) is 10.4 Å². The van der Waals surface area contributed by atoms with Gasteiger partial charge in [-0.2, -0.15) is 5.10 Å². The molecular formula is C17H21ClN4. The number of aromatic nitrogens is 2. The Hall–Kier alpha value is -1.94. The molecule has 1 N–H and O–H groups in total. The Bertz CT molecular complexity index is 599. The molecule has 0 radical (unpaired) electrons. The number of nitrogens with zero attached hydrogens (tertiary/aromatic N) is 3. The molecule has 0 aliphatic carbocycles. The quantitative estimate of drug-likeness (QED) is 0.427. The topological polar surface area (TPSA) is 50.2 Å². The minimum atomic E-state index is 0.351. The number of anilines is 1. The van der Waals surface area contributed by atoms with E-state index in [9.17, 15) is 0 Å². The maximum Gasteiger partial charge on any atom is 0.166 e. The normalized spacial score (nSPS) is 11.5. The third-order valence-electron chi connectivity index (χ3n) is 3.28. The van der Waals surface area contributed by atoms with E-state index in [-0.39, 0.29) is 0 Å². The zero-order valence-corrected chi connectivity index (χ0v) is 13.6. The van der Waals surface area contributed by atoms with Crippen LogP contribution in [0.15, 0.2) is 47.8 Å². The van der Waals surface area contributed by atoms with Crippen LogP contribution in [0.4, 0.5) is 5.82 Å². The zero-order chi connectivity index (χ0) is 15.6. The molecule has 22 heavy (non-hydrogen) atoms. The molecule has 2 rings (SSSR count). The Balaban J connectivity index is 2.07. The fourth-order valence-electron chi connectivity index (χ4n) is 2.14. The lowest BCUT2D eigenvalue weighted by molar-refractivity contribution is 0.683. The van der Waals surface area contributed by atoms with Gasteiger partial charge in [0.2, 0.25) is 0 Å². The van der Waals surface area contributed by atoms with E-state index in [0.717, 1.165) is 24.1 Å². The van der Waals surface area contributed by atoms with Gasteiger partial charge < -0.3 is 0 Å². The highest BCUT2D eigenvalue weighted by atomic mass is 35.5. The Morgan fingerprint density at radius 3 is 2.68 bits per heavy atom. The summed E-state index contributed by atoms with van der Waals surface area (Å²) in [6.45, 7) is 2.21. The number of hydrogen-bond acceptors (Lipinski definition) is 4. The number of rotatable bonds is 8. The fraction of sp³-hybridized carbons (Fsp3) is 0.353. The average molecular weight is 317 g/mol. The second kappa shape index (κ2) is 9.15. The van der Waals surface area contributed by atoms with Crippen LogP contribution in [0.3, 0.4) is 0 Å². The second-order valence-electron chi connectivity index (χ2n) is 5.07. The Kier molecular flexibility index (Phi) is 6.84. The van der Waals surface area contributed by atoms with Gasteiger partial charge in [-0.1, -0.05) is 68.1 Å². The summed E-state index contributed by atoms with van der Waals surface area (Å²) in [7, 11) is 0. The van der Waals surface area contributed by atoms with E-state index in [1.165, 1.54) is 25.5 Å². The molecule has 1 aromatic heterocycles. The summed E-state index contributed by atoms with van der Waals surface area (Å²) < 4.78 is 0. The van der Waals surface area contributed by atoms with Crippen LogP contribution in [0, 0.1) is 0 Å². The lowest BCUT2D eigenvalue weighted by atomic mass is 10.0. The first-order valence-electron chi connectivity index (χ1n) is 7.65. The van der Waals surface area contributed by atoms with E-state index in [1.807, 2.05) is 18.2 Å². The predicted molar refractivity (Wildman–Crippen MR) is 92.4 cm³/mol. The first-order chi connectivity index (χ1) is 10.8. The number of benzene rings is 1. The van der Waals surface area contributed by atoms with Gasteiger partial charge in [0, 0.05) is 0 Å². The number of unbranched alkanes of at least 4 members (excludes halogenated alkanes) is 3. The van der Waals surface area contributed by atoms with Crippen LogP contribution in [-0.2, 0) is 0 Å². The van der Waals surface area contributed by atoms with Crippen molar-refractivity contribution < 1.29 is 0 Å². The standard InChI is InChI=1S/C17H21ClN4/c1-2-3-4-8-11-15(14-9-6-5-7-10-14)21-22-17-13-19-12-16(18)20-17/h5-7,9-10,12-13H,2-4,8,11H2,1H3,(H,20,22). The van der Waals surface area contributed by atoms with Gasteiger partial charge in [-0.05, 0) is 18.4 Å². The minimum Gasteiger partial charge on any atom is -0.260 e. The molecule has 0 atom stereocenters. The van der Waals surface area contributed by atoms with E-state index >= 15 is 0 Å². The summed E-state index contributed by atoms with van der Waals surface area (Å²) in [6, 6.07) is 10.2. The first kappa shape index (κ1) is 16.4. The van der Waals surface area contributed by atoms with Crippen molar-refractivity contribution in [3.05, 3.63) is 53.4 Å². The highest BCUT2D eigenvalue weighted by Crippen LogP contribution is 2.12. The minimum absolute atomic E-state index is 0.351. The Morgan fingerprint density at radius 2 is 1.95 bits per heavy atom. The van der Waals surface area contributed by atoms with Crippen LogP contribution < -0.4 is 5.43 Å². The van der Waals surface area contributed by atoms with Crippen LogP contribution >= 0.6 is 11.6 Å². The first-order valence-corrected chi connectivity index (χ1v) is 8.03. The van der Waals surface area contributed by atoms with E-state index in [2.05, 4.69) is 39.6 Å². The van der Waals surface area contributed by atoms with Gasteiger partial charge in [0.1, 0.15) is 5.15 Å². The molecule has 0 spiro atoms. The highest BCUT2D eigenvalue weighted by Gasteiger charge is 2.04. The van der Waals surface area contributed by atoms with Crippen molar-refractivity contribution in [3.63, 3.8) is 0 Å². The van der Waals surface area contributed by atoms with Gasteiger partial charge in [0.15, 0.2) is 5.82 Å². The molecule has 0 saturated heterocycles. The monoisotopic (exact) mass is 316 g/mol. The third-order valence-corrected chi connectivity index (χ3v) is 3.47. The lowest BCUT2D eigenvalue weighted by Gasteiger charge is -2.08. The van der Waals surface area contributed by atoms with Gasteiger partial charge in [0.25, 0.3) is 0 Å². The highest BCUT2D eigenvalue weighted by molar-refractivity contribution is 6.29. The molecule has 1 aromatic carbocycles. The smallest absolute Gasteiger partial charge is 0.166 e. The molecular weight excluding hydrogens is 296 g/mol. The van der Waals surface area contributed by atoms with Gasteiger partial charge in [0.05, 0.1) is 18.1 Å². The SMILES string of the molecule is CCCCCCC(=NNc1cncc(Cl)n1)c1ccccc1. The van der Waals surface area contributed by atoms with Crippen molar-refractivity contribution >= 4 is 23.1 Å². The molecule has 4 nitrogen and oxygen atoms in total. The molecule has 2 aromatic rings. The number of halogens is 1. The molecule has 116 valence electrons.